The minimum absolute atomic E-state index is 0.282. The summed E-state index contributed by atoms with van der Waals surface area (Å²) in [6.45, 7) is 4.58. The first-order valence-corrected chi connectivity index (χ1v) is 9.13. The summed E-state index contributed by atoms with van der Waals surface area (Å²) in [6, 6.07) is 11.1. The number of allylic oxidation sites excluding steroid dienone is 2. The van der Waals surface area contributed by atoms with Gasteiger partial charge < -0.3 is 0 Å². The molecule has 6 rings (SSSR count). The number of carbonyl (C=O) groups excluding carboxylic acids is 2. The number of fused-ring (bicyclic) bond motifs is 1. The summed E-state index contributed by atoms with van der Waals surface area (Å²) in [5.74, 6) is 0.513. The molecular formula is C22H20N2O2. The molecule has 2 bridgehead atoms. The number of amides is 2. The van der Waals surface area contributed by atoms with Crippen molar-refractivity contribution in [1.82, 2.24) is 5.01 Å². The number of hydrogen-bond donors (Lipinski definition) is 0. The molecule has 0 spiro atoms. The molecule has 2 amide bonds. The minimum atomic E-state index is -0.349. The monoisotopic (exact) mass is 344 g/mol. The van der Waals surface area contributed by atoms with Crippen molar-refractivity contribution in [2.45, 2.75) is 26.7 Å². The van der Waals surface area contributed by atoms with Crippen LogP contribution >= 0.6 is 0 Å². The van der Waals surface area contributed by atoms with Gasteiger partial charge in [-0.25, -0.2) is 0 Å². The van der Waals surface area contributed by atoms with Crippen molar-refractivity contribution in [3.63, 3.8) is 0 Å². The lowest BCUT2D eigenvalue weighted by molar-refractivity contribution is -0.00133. The predicted octanol–water partition coefficient (Wildman–Crippen LogP) is 4.41. The third-order valence-corrected chi connectivity index (χ3v) is 6.58. The molecule has 2 aromatic rings. The molecule has 0 unspecified atom stereocenters. The van der Waals surface area contributed by atoms with Crippen LogP contribution in [0, 0.1) is 17.3 Å². The van der Waals surface area contributed by atoms with Crippen molar-refractivity contribution in [2.24, 2.45) is 22.4 Å². The van der Waals surface area contributed by atoms with Crippen LogP contribution in [-0.4, -0.2) is 23.0 Å². The Bertz CT molecular complexity index is 981. The van der Waals surface area contributed by atoms with Gasteiger partial charge in [0.15, 0.2) is 0 Å². The summed E-state index contributed by atoms with van der Waals surface area (Å²) in [7, 11) is 0. The summed E-state index contributed by atoms with van der Waals surface area (Å²) < 4.78 is 0. The van der Waals surface area contributed by atoms with Crippen LogP contribution in [0.1, 0.15) is 47.4 Å². The molecule has 2 atom stereocenters. The summed E-state index contributed by atoms with van der Waals surface area (Å²) in [6.07, 6.45) is 6.16. The molecule has 4 nitrogen and oxygen atoms in total. The molecule has 1 fully saturated rings. The molecule has 0 N–H and O–H groups in total. The molecule has 0 saturated heterocycles. The molecular weight excluding hydrogens is 324 g/mol. The summed E-state index contributed by atoms with van der Waals surface area (Å²) in [5, 5.41) is 7.00. The van der Waals surface area contributed by atoms with Gasteiger partial charge in [0.2, 0.25) is 0 Å². The maximum atomic E-state index is 12.9. The van der Waals surface area contributed by atoms with Crippen molar-refractivity contribution in [1.29, 1.82) is 0 Å². The zero-order chi connectivity index (χ0) is 18.1. The van der Waals surface area contributed by atoms with Gasteiger partial charge in [-0.2, -0.15) is 10.1 Å². The van der Waals surface area contributed by atoms with E-state index in [1.165, 1.54) is 6.42 Å². The Balaban J connectivity index is 1.53. The SMILES string of the molecule is CC1(C)[C@H]2CC=C(C=NN3C(=O)c4cccc5cccc(c45)C3=O)[C@H]1C2. The third-order valence-electron chi connectivity index (χ3n) is 6.58. The van der Waals surface area contributed by atoms with Gasteiger partial charge in [0.1, 0.15) is 0 Å². The number of rotatable bonds is 2. The summed E-state index contributed by atoms with van der Waals surface area (Å²) in [4.78, 5) is 25.8. The highest BCUT2D eigenvalue weighted by Crippen LogP contribution is 2.58. The molecule has 1 aliphatic heterocycles. The lowest BCUT2D eigenvalue weighted by atomic mass is 9.49. The first-order valence-electron chi connectivity index (χ1n) is 9.13. The molecule has 0 aromatic heterocycles. The second-order valence-electron chi connectivity index (χ2n) is 8.12. The Labute approximate surface area is 152 Å². The topological polar surface area (TPSA) is 49.7 Å². The first-order chi connectivity index (χ1) is 12.5. The maximum absolute atomic E-state index is 12.9. The minimum Gasteiger partial charge on any atom is -0.267 e. The van der Waals surface area contributed by atoms with Gasteiger partial charge in [-0.1, -0.05) is 44.2 Å². The van der Waals surface area contributed by atoms with Crippen molar-refractivity contribution in [2.75, 3.05) is 0 Å². The fraction of sp³-hybridized carbons (Fsp3) is 0.318. The highest BCUT2D eigenvalue weighted by atomic mass is 16.2. The molecule has 4 aliphatic rings. The second-order valence-corrected chi connectivity index (χ2v) is 8.12. The van der Waals surface area contributed by atoms with Gasteiger partial charge in [-0.15, -0.1) is 0 Å². The fourth-order valence-electron chi connectivity index (χ4n) is 4.79. The highest BCUT2D eigenvalue weighted by Gasteiger charge is 2.50. The smallest absolute Gasteiger partial charge is 0.267 e. The van der Waals surface area contributed by atoms with Gasteiger partial charge in [0.05, 0.1) is 17.3 Å². The molecule has 1 saturated carbocycles. The van der Waals surface area contributed by atoms with E-state index in [0.717, 1.165) is 33.7 Å². The molecule has 2 aromatic carbocycles. The number of imide groups is 1. The standard InChI is InChI=1S/C22H20N2O2/c1-22(2)15-10-9-14(18(22)11-15)12-23-24-20(25)16-7-3-5-13-6-4-8-17(19(13)16)21(24)26/h3-9,12,15,18H,10-11H2,1-2H3/t15-,18+/m0/s1. The van der Waals surface area contributed by atoms with E-state index in [4.69, 9.17) is 0 Å². The summed E-state index contributed by atoms with van der Waals surface area (Å²) in [5.41, 5.74) is 2.51. The lowest BCUT2D eigenvalue weighted by Gasteiger charge is -2.55. The van der Waals surface area contributed by atoms with Crippen LogP contribution in [0.25, 0.3) is 10.8 Å². The van der Waals surface area contributed by atoms with Crippen LogP contribution in [-0.2, 0) is 0 Å². The van der Waals surface area contributed by atoms with Crippen LogP contribution < -0.4 is 0 Å². The van der Waals surface area contributed by atoms with Gasteiger partial charge >= 0.3 is 0 Å². The Morgan fingerprint density at radius 1 is 1.08 bits per heavy atom. The molecule has 26 heavy (non-hydrogen) atoms. The van der Waals surface area contributed by atoms with E-state index in [9.17, 15) is 9.59 Å². The van der Waals surface area contributed by atoms with Crippen molar-refractivity contribution in [3.8, 4) is 0 Å². The largest absolute Gasteiger partial charge is 0.282 e. The molecule has 3 aliphatic carbocycles. The zero-order valence-electron chi connectivity index (χ0n) is 14.9. The Hall–Kier alpha value is -2.75. The number of benzene rings is 2. The van der Waals surface area contributed by atoms with Crippen molar-refractivity contribution < 1.29 is 9.59 Å². The van der Waals surface area contributed by atoms with E-state index in [0.29, 0.717) is 17.0 Å². The normalized spacial score (nSPS) is 26.2. The molecule has 0 radical (unpaired) electrons. The molecule has 130 valence electrons. The van der Waals surface area contributed by atoms with Crippen LogP contribution in [0.3, 0.4) is 0 Å². The molecule has 4 heteroatoms. The van der Waals surface area contributed by atoms with Crippen LogP contribution in [0.5, 0.6) is 0 Å². The molecule has 1 heterocycles. The number of hydrazone groups is 1. The average Bonchev–Trinajstić information content (AvgIpc) is 2.65. The highest BCUT2D eigenvalue weighted by molar-refractivity contribution is 6.25. The van der Waals surface area contributed by atoms with E-state index in [-0.39, 0.29) is 17.2 Å². The van der Waals surface area contributed by atoms with E-state index in [1.807, 2.05) is 24.3 Å². The Kier molecular flexibility index (Phi) is 3.06. The average molecular weight is 344 g/mol. The predicted molar refractivity (Wildman–Crippen MR) is 101 cm³/mol. The fourth-order valence-corrected chi connectivity index (χ4v) is 4.79. The third kappa shape index (κ3) is 1.93. The second kappa shape index (κ2) is 5.13. The Morgan fingerprint density at radius 2 is 1.73 bits per heavy atom. The summed E-state index contributed by atoms with van der Waals surface area (Å²) >= 11 is 0. The number of hydrogen-bond acceptors (Lipinski definition) is 3. The van der Waals surface area contributed by atoms with Crippen molar-refractivity contribution >= 4 is 28.8 Å². The first kappa shape index (κ1) is 15.5. The van der Waals surface area contributed by atoms with Gasteiger partial charge in [0.25, 0.3) is 11.8 Å². The van der Waals surface area contributed by atoms with Crippen LogP contribution in [0.4, 0.5) is 0 Å². The van der Waals surface area contributed by atoms with E-state index in [1.54, 1.807) is 18.3 Å². The van der Waals surface area contributed by atoms with E-state index in [2.05, 4.69) is 25.0 Å². The van der Waals surface area contributed by atoms with Crippen LogP contribution in [0.15, 0.2) is 53.1 Å². The zero-order valence-corrected chi connectivity index (χ0v) is 14.9. The van der Waals surface area contributed by atoms with Crippen LogP contribution in [0.2, 0.25) is 0 Å². The number of carbonyl (C=O) groups is 2. The maximum Gasteiger partial charge on any atom is 0.282 e. The van der Waals surface area contributed by atoms with Gasteiger partial charge in [-0.05, 0) is 53.2 Å². The Morgan fingerprint density at radius 3 is 2.31 bits per heavy atom. The van der Waals surface area contributed by atoms with E-state index >= 15 is 0 Å². The van der Waals surface area contributed by atoms with Gasteiger partial charge in [0, 0.05) is 5.39 Å². The van der Waals surface area contributed by atoms with E-state index < -0.39 is 0 Å². The van der Waals surface area contributed by atoms with Gasteiger partial charge in [-0.3, -0.25) is 9.59 Å². The lowest BCUT2D eigenvalue weighted by Crippen LogP contribution is -2.48. The number of nitrogens with zero attached hydrogens (tertiary/aromatic N) is 2. The van der Waals surface area contributed by atoms with Crippen molar-refractivity contribution in [3.05, 3.63) is 59.2 Å². The quantitative estimate of drug-likeness (QED) is 0.598.